The molecule has 0 amide bonds. The lowest BCUT2D eigenvalue weighted by molar-refractivity contribution is 0.230. The molecule has 0 saturated heterocycles. The molecule has 0 bridgehead atoms. The molecule has 0 aromatic heterocycles. The summed E-state index contributed by atoms with van der Waals surface area (Å²) in [5, 5.41) is 0.627. The molecule has 0 N–H and O–H groups in total. The average molecular weight is 254 g/mol. The normalized spacial score (nSPS) is 12.8. The van der Waals surface area contributed by atoms with Crippen molar-refractivity contribution in [1.82, 2.24) is 0 Å². The number of hydrogen-bond donors (Lipinski definition) is 0. The average Bonchev–Trinajstić information content (AvgIpc) is 2.31. The number of allylic oxidation sites excluding steroid dienone is 1. The summed E-state index contributed by atoms with van der Waals surface area (Å²) in [6, 6.07) is 9.53. The summed E-state index contributed by atoms with van der Waals surface area (Å²) in [4.78, 5) is 0. The van der Waals surface area contributed by atoms with Crippen molar-refractivity contribution in [3.8, 4) is 0 Å². The fourth-order valence-electron chi connectivity index (χ4n) is 1.61. The van der Waals surface area contributed by atoms with Gasteiger partial charge in [0.25, 0.3) is 0 Å². The van der Waals surface area contributed by atoms with Crippen LogP contribution in [0.1, 0.15) is 26.3 Å². The van der Waals surface area contributed by atoms with E-state index in [0.717, 1.165) is 5.56 Å². The van der Waals surface area contributed by atoms with E-state index in [1.54, 1.807) is 6.08 Å². The van der Waals surface area contributed by atoms with E-state index in [2.05, 4.69) is 0 Å². The van der Waals surface area contributed by atoms with Crippen molar-refractivity contribution in [2.75, 3.05) is 13.2 Å². The highest BCUT2D eigenvalue weighted by atomic mass is 31.2. The Balaban J connectivity index is 3.12. The van der Waals surface area contributed by atoms with Gasteiger partial charge in [0.2, 0.25) is 0 Å². The SMILES string of the molecule is C/C=C(/c1ccccc1)P(=O)(OCC)OCC. The molecule has 94 valence electrons. The molecule has 0 saturated carbocycles. The lowest BCUT2D eigenvalue weighted by Crippen LogP contribution is -1.98. The van der Waals surface area contributed by atoms with Crippen LogP contribution in [-0.2, 0) is 13.6 Å². The molecule has 0 atom stereocenters. The second-order valence-corrected chi connectivity index (χ2v) is 5.37. The van der Waals surface area contributed by atoms with Gasteiger partial charge in [-0.05, 0) is 26.3 Å². The van der Waals surface area contributed by atoms with Gasteiger partial charge in [0.15, 0.2) is 0 Å². The first-order valence-corrected chi connectivity index (χ1v) is 7.33. The first-order chi connectivity index (χ1) is 8.18. The van der Waals surface area contributed by atoms with Crippen LogP contribution in [0, 0.1) is 0 Å². The lowest BCUT2D eigenvalue weighted by Gasteiger charge is -2.20. The van der Waals surface area contributed by atoms with Crippen molar-refractivity contribution in [1.29, 1.82) is 0 Å². The summed E-state index contributed by atoms with van der Waals surface area (Å²) in [6.07, 6.45) is 1.79. The maximum Gasteiger partial charge on any atom is 0.361 e. The van der Waals surface area contributed by atoms with Gasteiger partial charge in [-0.15, -0.1) is 0 Å². The Labute approximate surface area is 103 Å². The van der Waals surface area contributed by atoms with Crippen molar-refractivity contribution in [2.24, 2.45) is 0 Å². The van der Waals surface area contributed by atoms with Crippen molar-refractivity contribution >= 4 is 12.9 Å². The molecule has 0 aliphatic rings. The van der Waals surface area contributed by atoms with Crippen LogP contribution in [0.4, 0.5) is 0 Å². The lowest BCUT2D eigenvalue weighted by atomic mass is 10.2. The van der Waals surface area contributed by atoms with Crippen LogP contribution in [0.2, 0.25) is 0 Å². The zero-order valence-electron chi connectivity index (χ0n) is 10.6. The topological polar surface area (TPSA) is 35.5 Å². The van der Waals surface area contributed by atoms with E-state index in [1.807, 2.05) is 51.1 Å². The van der Waals surface area contributed by atoms with Crippen LogP contribution in [0.3, 0.4) is 0 Å². The van der Waals surface area contributed by atoms with Crippen molar-refractivity contribution in [3.63, 3.8) is 0 Å². The molecule has 0 heterocycles. The van der Waals surface area contributed by atoms with Gasteiger partial charge < -0.3 is 9.05 Å². The smallest absolute Gasteiger partial charge is 0.305 e. The Hall–Kier alpha value is -0.890. The molecule has 4 heteroatoms. The molecule has 3 nitrogen and oxygen atoms in total. The largest absolute Gasteiger partial charge is 0.361 e. The highest BCUT2D eigenvalue weighted by Crippen LogP contribution is 2.60. The Morgan fingerprint density at radius 3 is 2.12 bits per heavy atom. The molecular weight excluding hydrogens is 235 g/mol. The van der Waals surface area contributed by atoms with E-state index >= 15 is 0 Å². The fourth-order valence-corrected chi connectivity index (χ4v) is 3.42. The molecule has 0 unspecified atom stereocenters. The van der Waals surface area contributed by atoms with Crippen molar-refractivity contribution in [2.45, 2.75) is 20.8 Å². The second kappa shape index (κ2) is 6.75. The van der Waals surface area contributed by atoms with Gasteiger partial charge in [-0.1, -0.05) is 36.4 Å². The van der Waals surface area contributed by atoms with Gasteiger partial charge in [0, 0.05) is 0 Å². The zero-order chi connectivity index (χ0) is 12.7. The third kappa shape index (κ3) is 3.53. The van der Waals surface area contributed by atoms with Gasteiger partial charge in [-0.25, -0.2) is 0 Å². The van der Waals surface area contributed by atoms with Crippen LogP contribution in [0.15, 0.2) is 36.4 Å². The summed E-state index contributed by atoms with van der Waals surface area (Å²) >= 11 is 0. The Morgan fingerprint density at radius 2 is 1.71 bits per heavy atom. The zero-order valence-corrected chi connectivity index (χ0v) is 11.4. The highest BCUT2D eigenvalue weighted by molar-refractivity contribution is 7.65. The van der Waals surface area contributed by atoms with E-state index in [0.29, 0.717) is 18.5 Å². The Bertz CT molecular complexity index is 402. The first-order valence-electron chi connectivity index (χ1n) is 5.79. The number of benzene rings is 1. The van der Waals surface area contributed by atoms with Crippen LogP contribution in [0.5, 0.6) is 0 Å². The third-order valence-electron chi connectivity index (χ3n) is 2.24. The molecular formula is C13H19O3P. The minimum Gasteiger partial charge on any atom is -0.305 e. The predicted molar refractivity (Wildman–Crippen MR) is 71.0 cm³/mol. The quantitative estimate of drug-likeness (QED) is 0.709. The third-order valence-corrected chi connectivity index (χ3v) is 4.54. The molecule has 1 aromatic rings. The minimum atomic E-state index is -3.19. The molecule has 0 spiro atoms. The Kier molecular flexibility index (Phi) is 5.63. The van der Waals surface area contributed by atoms with Crippen molar-refractivity contribution in [3.05, 3.63) is 42.0 Å². The van der Waals surface area contributed by atoms with Gasteiger partial charge in [0.1, 0.15) is 0 Å². The Morgan fingerprint density at radius 1 is 1.18 bits per heavy atom. The summed E-state index contributed by atoms with van der Waals surface area (Å²) in [5.74, 6) is 0. The minimum absolute atomic E-state index is 0.363. The van der Waals surface area contributed by atoms with Gasteiger partial charge >= 0.3 is 7.60 Å². The van der Waals surface area contributed by atoms with E-state index in [1.165, 1.54) is 0 Å². The molecule has 0 fully saturated rings. The summed E-state index contributed by atoms with van der Waals surface area (Å²) in [7, 11) is -3.19. The van der Waals surface area contributed by atoms with Gasteiger partial charge in [-0.2, -0.15) is 0 Å². The second-order valence-electron chi connectivity index (χ2n) is 3.37. The maximum atomic E-state index is 12.6. The van der Waals surface area contributed by atoms with E-state index in [9.17, 15) is 4.57 Å². The van der Waals surface area contributed by atoms with Gasteiger partial charge in [0.05, 0.1) is 18.5 Å². The monoisotopic (exact) mass is 254 g/mol. The molecule has 0 aliphatic heterocycles. The van der Waals surface area contributed by atoms with Gasteiger partial charge in [-0.3, -0.25) is 4.57 Å². The molecule has 1 aromatic carbocycles. The van der Waals surface area contributed by atoms with Crippen LogP contribution < -0.4 is 0 Å². The van der Waals surface area contributed by atoms with Crippen molar-refractivity contribution < 1.29 is 13.6 Å². The van der Waals surface area contributed by atoms with E-state index in [-0.39, 0.29) is 0 Å². The van der Waals surface area contributed by atoms with Crippen LogP contribution >= 0.6 is 7.60 Å². The number of hydrogen-bond acceptors (Lipinski definition) is 3. The highest BCUT2D eigenvalue weighted by Gasteiger charge is 2.29. The summed E-state index contributed by atoms with van der Waals surface area (Å²) < 4.78 is 23.3. The summed E-state index contributed by atoms with van der Waals surface area (Å²) in [6.45, 7) is 6.18. The fraction of sp³-hybridized carbons (Fsp3) is 0.385. The first kappa shape index (κ1) is 14.2. The van der Waals surface area contributed by atoms with E-state index in [4.69, 9.17) is 9.05 Å². The molecule has 0 radical (unpaired) electrons. The van der Waals surface area contributed by atoms with E-state index < -0.39 is 7.60 Å². The standard InChI is InChI=1S/C13H19O3P/c1-4-13(12-10-8-7-9-11-12)17(14,15-5-2)16-6-3/h4,7-11H,5-6H2,1-3H3/b13-4-. The maximum absolute atomic E-state index is 12.6. The molecule has 1 rings (SSSR count). The van der Waals surface area contributed by atoms with Crippen LogP contribution in [-0.4, -0.2) is 13.2 Å². The van der Waals surface area contributed by atoms with Crippen LogP contribution in [0.25, 0.3) is 5.31 Å². The molecule has 0 aliphatic carbocycles. The molecule has 17 heavy (non-hydrogen) atoms. The summed E-state index contributed by atoms with van der Waals surface area (Å²) in [5.41, 5.74) is 0.875. The number of rotatable bonds is 6. The predicted octanol–water partition coefficient (Wildman–Crippen LogP) is 4.31.